The van der Waals surface area contributed by atoms with Gasteiger partial charge in [0.2, 0.25) is 10.0 Å². The highest BCUT2D eigenvalue weighted by Crippen LogP contribution is 2.10. The average Bonchev–Trinajstić information content (AvgIpc) is 2.43. The second kappa shape index (κ2) is 8.14. The largest absolute Gasteiger partial charge is 0.480 e. The van der Waals surface area contributed by atoms with Gasteiger partial charge in [0.1, 0.15) is 6.04 Å². The second-order valence-corrected chi connectivity index (χ2v) is 6.83. The van der Waals surface area contributed by atoms with E-state index in [1.807, 2.05) is 26.0 Å². The van der Waals surface area contributed by atoms with Gasteiger partial charge in [-0.25, -0.2) is 13.1 Å². The molecule has 118 valence electrons. The third-order valence-electron chi connectivity index (χ3n) is 3.25. The van der Waals surface area contributed by atoms with E-state index in [9.17, 15) is 13.2 Å². The molecule has 6 heteroatoms. The molecule has 1 aromatic rings. The number of aliphatic carboxylic acids is 1. The standard InChI is InChI=1S/C15H23NO4S/c1-3-5-6-14(15(17)18)16-21(19,20)11-13-9-7-12(4-2)8-10-13/h7-10,14,16H,3-6,11H2,1-2H3,(H,17,18). The van der Waals surface area contributed by atoms with Gasteiger partial charge in [0.05, 0.1) is 5.75 Å². The fourth-order valence-corrected chi connectivity index (χ4v) is 3.36. The smallest absolute Gasteiger partial charge is 0.321 e. The molecular weight excluding hydrogens is 290 g/mol. The summed E-state index contributed by atoms with van der Waals surface area (Å²) in [4.78, 5) is 11.1. The number of unbranched alkanes of at least 4 members (excludes halogenated alkanes) is 1. The average molecular weight is 313 g/mol. The van der Waals surface area contributed by atoms with Gasteiger partial charge in [-0.2, -0.15) is 0 Å². The summed E-state index contributed by atoms with van der Waals surface area (Å²) in [6.07, 6.45) is 2.69. The molecule has 0 aromatic heterocycles. The summed E-state index contributed by atoms with van der Waals surface area (Å²) in [6.45, 7) is 3.96. The summed E-state index contributed by atoms with van der Waals surface area (Å²) >= 11 is 0. The molecule has 1 atom stereocenters. The SMILES string of the molecule is CCCCC(NS(=O)(=O)Cc1ccc(CC)cc1)C(=O)O. The first-order valence-corrected chi connectivity index (χ1v) is 8.83. The second-order valence-electron chi connectivity index (χ2n) is 5.08. The molecule has 0 aliphatic heterocycles. The van der Waals surface area contributed by atoms with E-state index in [0.717, 1.165) is 18.4 Å². The zero-order chi connectivity index (χ0) is 15.9. The molecule has 1 unspecified atom stereocenters. The number of carboxylic acid groups (broad SMARTS) is 1. The Balaban J connectivity index is 2.72. The zero-order valence-electron chi connectivity index (χ0n) is 12.5. The van der Waals surface area contributed by atoms with E-state index < -0.39 is 22.0 Å². The zero-order valence-corrected chi connectivity index (χ0v) is 13.3. The van der Waals surface area contributed by atoms with Gasteiger partial charge in [0.15, 0.2) is 0 Å². The first-order valence-electron chi connectivity index (χ1n) is 7.18. The van der Waals surface area contributed by atoms with Crippen LogP contribution in [0.25, 0.3) is 0 Å². The number of carboxylic acids is 1. The highest BCUT2D eigenvalue weighted by molar-refractivity contribution is 7.88. The Morgan fingerprint density at radius 3 is 2.24 bits per heavy atom. The summed E-state index contributed by atoms with van der Waals surface area (Å²) in [6, 6.07) is 6.25. The molecule has 0 spiro atoms. The first-order chi connectivity index (χ1) is 9.88. The Bertz CT molecular complexity index is 552. The number of hydrogen-bond donors (Lipinski definition) is 2. The van der Waals surface area contributed by atoms with Crippen molar-refractivity contribution in [2.75, 3.05) is 0 Å². The maximum absolute atomic E-state index is 12.1. The number of rotatable bonds is 9. The number of benzene rings is 1. The summed E-state index contributed by atoms with van der Waals surface area (Å²) in [5.74, 6) is -1.33. The van der Waals surface area contributed by atoms with Crippen molar-refractivity contribution in [3.05, 3.63) is 35.4 Å². The van der Waals surface area contributed by atoms with Crippen LogP contribution in [-0.2, 0) is 27.0 Å². The van der Waals surface area contributed by atoms with Crippen LogP contribution in [0.2, 0.25) is 0 Å². The van der Waals surface area contributed by atoms with Crippen molar-refractivity contribution in [3.8, 4) is 0 Å². The number of carbonyl (C=O) groups is 1. The molecular formula is C15H23NO4S. The molecule has 0 fully saturated rings. The van der Waals surface area contributed by atoms with Crippen molar-refractivity contribution < 1.29 is 18.3 Å². The van der Waals surface area contributed by atoms with Crippen molar-refractivity contribution in [1.82, 2.24) is 4.72 Å². The molecule has 0 aliphatic carbocycles. The summed E-state index contributed by atoms with van der Waals surface area (Å²) in [7, 11) is -3.66. The fraction of sp³-hybridized carbons (Fsp3) is 0.533. The van der Waals surface area contributed by atoms with Gasteiger partial charge >= 0.3 is 5.97 Å². The molecule has 2 N–H and O–H groups in total. The van der Waals surface area contributed by atoms with Crippen LogP contribution in [0.3, 0.4) is 0 Å². The summed E-state index contributed by atoms with van der Waals surface area (Å²) in [5.41, 5.74) is 1.79. The van der Waals surface area contributed by atoms with E-state index in [4.69, 9.17) is 5.11 Å². The van der Waals surface area contributed by atoms with Crippen molar-refractivity contribution in [2.24, 2.45) is 0 Å². The van der Waals surface area contributed by atoms with Gasteiger partial charge in [-0.3, -0.25) is 4.79 Å². The van der Waals surface area contributed by atoms with E-state index in [1.165, 1.54) is 0 Å². The van der Waals surface area contributed by atoms with Gasteiger partial charge in [0, 0.05) is 0 Å². The predicted molar refractivity (Wildman–Crippen MR) is 82.5 cm³/mol. The molecule has 0 radical (unpaired) electrons. The van der Waals surface area contributed by atoms with Gasteiger partial charge in [-0.15, -0.1) is 0 Å². The molecule has 1 rings (SSSR count). The topological polar surface area (TPSA) is 83.5 Å². The van der Waals surface area contributed by atoms with Crippen LogP contribution in [0.4, 0.5) is 0 Å². The van der Waals surface area contributed by atoms with Crippen LogP contribution in [0.1, 0.15) is 44.2 Å². The lowest BCUT2D eigenvalue weighted by Crippen LogP contribution is -2.41. The highest BCUT2D eigenvalue weighted by Gasteiger charge is 2.23. The Labute approximate surface area is 126 Å². The van der Waals surface area contributed by atoms with Gasteiger partial charge in [-0.1, -0.05) is 51.0 Å². The van der Waals surface area contributed by atoms with Gasteiger partial charge in [0.25, 0.3) is 0 Å². The van der Waals surface area contributed by atoms with E-state index in [1.54, 1.807) is 12.1 Å². The summed E-state index contributed by atoms with van der Waals surface area (Å²) < 4.78 is 26.4. The molecule has 0 saturated carbocycles. The number of aryl methyl sites for hydroxylation is 1. The molecule has 5 nitrogen and oxygen atoms in total. The third-order valence-corrected chi connectivity index (χ3v) is 4.61. The number of nitrogens with one attached hydrogen (secondary N) is 1. The van der Waals surface area contributed by atoms with Crippen molar-refractivity contribution >= 4 is 16.0 Å². The monoisotopic (exact) mass is 313 g/mol. The van der Waals surface area contributed by atoms with Crippen molar-refractivity contribution in [3.63, 3.8) is 0 Å². The molecule has 0 aliphatic rings. The van der Waals surface area contributed by atoms with Crippen LogP contribution in [0, 0.1) is 0 Å². The lowest BCUT2D eigenvalue weighted by molar-refractivity contribution is -0.139. The molecule has 1 aromatic carbocycles. The fourth-order valence-electron chi connectivity index (χ4n) is 1.99. The minimum Gasteiger partial charge on any atom is -0.480 e. The van der Waals surface area contributed by atoms with E-state index in [0.29, 0.717) is 18.4 Å². The van der Waals surface area contributed by atoms with Gasteiger partial charge in [-0.05, 0) is 24.0 Å². The highest BCUT2D eigenvalue weighted by atomic mass is 32.2. The van der Waals surface area contributed by atoms with Crippen molar-refractivity contribution in [2.45, 2.75) is 51.3 Å². The van der Waals surface area contributed by atoms with Gasteiger partial charge < -0.3 is 5.11 Å². The number of sulfonamides is 1. The minimum atomic E-state index is -3.66. The van der Waals surface area contributed by atoms with E-state index in [2.05, 4.69) is 4.72 Å². The Morgan fingerprint density at radius 2 is 1.76 bits per heavy atom. The molecule has 0 heterocycles. The maximum Gasteiger partial charge on any atom is 0.321 e. The van der Waals surface area contributed by atoms with Crippen LogP contribution < -0.4 is 4.72 Å². The Kier molecular flexibility index (Phi) is 6.84. The Hall–Kier alpha value is -1.40. The minimum absolute atomic E-state index is 0.201. The van der Waals surface area contributed by atoms with E-state index >= 15 is 0 Å². The quantitative estimate of drug-likeness (QED) is 0.733. The van der Waals surface area contributed by atoms with Crippen LogP contribution in [-0.4, -0.2) is 25.5 Å². The van der Waals surface area contributed by atoms with E-state index in [-0.39, 0.29) is 5.75 Å². The lowest BCUT2D eigenvalue weighted by atomic mass is 10.1. The number of hydrogen-bond acceptors (Lipinski definition) is 3. The summed E-state index contributed by atoms with van der Waals surface area (Å²) in [5, 5.41) is 9.07. The van der Waals surface area contributed by atoms with Crippen LogP contribution in [0.15, 0.2) is 24.3 Å². The van der Waals surface area contributed by atoms with Crippen LogP contribution in [0.5, 0.6) is 0 Å². The van der Waals surface area contributed by atoms with Crippen LogP contribution >= 0.6 is 0 Å². The maximum atomic E-state index is 12.1. The lowest BCUT2D eigenvalue weighted by Gasteiger charge is -2.14. The first kappa shape index (κ1) is 17.7. The molecule has 21 heavy (non-hydrogen) atoms. The normalized spacial score (nSPS) is 13.0. The van der Waals surface area contributed by atoms with Crippen molar-refractivity contribution in [1.29, 1.82) is 0 Å². The third kappa shape index (κ3) is 6.27. The molecule has 0 saturated heterocycles. The molecule has 0 bridgehead atoms. The predicted octanol–water partition coefficient (Wildman–Crippen LogP) is 2.31. The Morgan fingerprint density at radius 1 is 1.19 bits per heavy atom. The molecule has 0 amide bonds.